The van der Waals surface area contributed by atoms with E-state index < -0.39 is 5.97 Å². The topological polar surface area (TPSA) is 70.8 Å². The Kier molecular flexibility index (Phi) is 3.50. The van der Waals surface area contributed by atoms with E-state index in [-0.39, 0.29) is 17.2 Å². The third kappa shape index (κ3) is 2.45. The summed E-state index contributed by atoms with van der Waals surface area (Å²) >= 11 is 0. The SMILES string of the molecule is C=CC1CCN(C(=O)c2cc(C(=O)O)co2)CC1. The summed E-state index contributed by atoms with van der Waals surface area (Å²) in [7, 11) is 0. The van der Waals surface area contributed by atoms with Crippen LogP contribution in [0, 0.1) is 5.92 Å². The molecule has 0 aromatic carbocycles. The predicted molar refractivity (Wildman–Crippen MR) is 64.5 cm³/mol. The molecule has 18 heavy (non-hydrogen) atoms. The van der Waals surface area contributed by atoms with E-state index >= 15 is 0 Å². The van der Waals surface area contributed by atoms with Crippen molar-refractivity contribution in [1.82, 2.24) is 4.90 Å². The number of carbonyl (C=O) groups excluding carboxylic acids is 1. The summed E-state index contributed by atoms with van der Waals surface area (Å²) in [5.41, 5.74) is -0.000623. The number of nitrogens with zero attached hydrogens (tertiary/aromatic N) is 1. The van der Waals surface area contributed by atoms with Gasteiger partial charge < -0.3 is 14.4 Å². The Bertz CT molecular complexity index is 469. The second-order valence-electron chi connectivity index (χ2n) is 4.37. The van der Waals surface area contributed by atoms with Crippen LogP contribution in [-0.2, 0) is 0 Å². The van der Waals surface area contributed by atoms with Gasteiger partial charge in [0.2, 0.25) is 0 Å². The lowest BCUT2D eigenvalue weighted by Gasteiger charge is -2.29. The number of rotatable bonds is 3. The van der Waals surface area contributed by atoms with Gasteiger partial charge in [-0.2, -0.15) is 0 Å². The maximum absolute atomic E-state index is 12.0. The van der Waals surface area contributed by atoms with Gasteiger partial charge in [-0.3, -0.25) is 4.79 Å². The number of hydrogen-bond acceptors (Lipinski definition) is 3. The second-order valence-corrected chi connectivity index (χ2v) is 4.37. The minimum Gasteiger partial charge on any atom is -0.478 e. The highest BCUT2D eigenvalue weighted by Crippen LogP contribution is 2.20. The summed E-state index contributed by atoms with van der Waals surface area (Å²) in [5, 5.41) is 8.76. The number of carboxylic acids is 1. The van der Waals surface area contributed by atoms with Crippen LogP contribution in [0.15, 0.2) is 29.4 Å². The Morgan fingerprint density at radius 1 is 1.44 bits per heavy atom. The molecule has 0 radical (unpaired) electrons. The molecule has 0 spiro atoms. The number of carbonyl (C=O) groups is 2. The van der Waals surface area contributed by atoms with Crippen LogP contribution in [0.1, 0.15) is 33.8 Å². The molecule has 1 aliphatic rings. The Morgan fingerprint density at radius 3 is 2.61 bits per heavy atom. The van der Waals surface area contributed by atoms with Crippen LogP contribution in [0.4, 0.5) is 0 Å². The number of piperidine rings is 1. The van der Waals surface area contributed by atoms with Crippen molar-refractivity contribution in [3.05, 3.63) is 36.3 Å². The van der Waals surface area contributed by atoms with Gasteiger partial charge in [0.1, 0.15) is 6.26 Å². The van der Waals surface area contributed by atoms with Crippen LogP contribution in [0.2, 0.25) is 0 Å². The normalized spacial score (nSPS) is 16.6. The van der Waals surface area contributed by atoms with Crippen LogP contribution in [0.5, 0.6) is 0 Å². The highest BCUT2D eigenvalue weighted by Gasteiger charge is 2.24. The van der Waals surface area contributed by atoms with Crippen LogP contribution in [0.3, 0.4) is 0 Å². The zero-order valence-electron chi connectivity index (χ0n) is 9.96. The molecule has 1 amide bonds. The zero-order valence-corrected chi connectivity index (χ0v) is 9.96. The lowest BCUT2D eigenvalue weighted by Crippen LogP contribution is -2.37. The molecule has 5 nitrogen and oxygen atoms in total. The highest BCUT2D eigenvalue weighted by molar-refractivity contribution is 5.95. The van der Waals surface area contributed by atoms with Crippen molar-refractivity contribution in [3.8, 4) is 0 Å². The number of likely N-dealkylation sites (tertiary alicyclic amines) is 1. The van der Waals surface area contributed by atoms with E-state index in [1.54, 1.807) is 4.90 Å². The third-order valence-corrected chi connectivity index (χ3v) is 3.22. The number of hydrogen-bond donors (Lipinski definition) is 1. The molecule has 96 valence electrons. The highest BCUT2D eigenvalue weighted by atomic mass is 16.4. The van der Waals surface area contributed by atoms with E-state index in [9.17, 15) is 9.59 Å². The first-order valence-corrected chi connectivity index (χ1v) is 5.85. The average Bonchev–Trinajstić information content (AvgIpc) is 2.88. The summed E-state index contributed by atoms with van der Waals surface area (Å²) in [6, 6.07) is 1.27. The molecule has 2 rings (SSSR count). The van der Waals surface area contributed by atoms with Gasteiger partial charge in [0.25, 0.3) is 5.91 Å². The third-order valence-electron chi connectivity index (χ3n) is 3.22. The zero-order chi connectivity index (χ0) is 13.1. The van der Waals surface area contributed by atoms with E-state index in [4.69, 9.17) is 9.52 Å². The largest absolute Gasteiger partial charge is 0.478 e. The van der Waals surface area contributed by atoms with Gasteiger partial charge in [-0.15, -0.1) is 6.58 Å². The minimum absolute atomic E-state index is 0.000623. The molecule has 1 aliphatic heterocycles. The van der Waals surface area contributed by atoms with Crippen molar-refractivity contribution >= 4 is 11.9 Å². The lowest BCUT2D eigenvalue weighted by molar-refractivity contribution is 0.0670. The molecule has 1 saturated heterocycles. The molecular formula is C13H15NO4. The minimum atomic E-state index is -1.09. The van der Waals surface area contributed by atoms with Crippen LogP contribution < -0.4 is 0 Å². The fourth-order valence-corrected chi connectivity index (χ4v) is 2.05. The summed E-state index contributed by atoms with van der Waals surface area (Å²) in [5.74, 6) is -0.794. The van der Waals surface area contributed by atoms with Gasteiger partial charge in [0.15, 0.2) is 5.76 Å². The van der Waals surface area contributed by atoms with Crippen molar-refractivity contribution in [2.45, 2.75) is 12.8 Å². The molecule has 0 bridgehead atoms. The van der Waals surface area contributed by atoms with Crippen molar-refractivity contribution in [1.29, 1.82) is 0 Å². The maximum atomic E-state index is 12.0. The first kappa shape index (κ1) is 12.4. The van der Waals surface area contributed by atoms with Crippen LogP contribution in [-0.4, -0.2) is 35.0 Å². The van der Waals surface area contributed by atoms with Crippen molar-refractivity contribution < 1.29 is 19.1 Å². The number of carboxylic acid groups (broad SMARTS) is 1. The molecule has 0 saturated carbocycles. The second kappa shape index (κ2) is 5.08. The van der Waals surface area contributed by atoms with Crippen molar-refractivity contribution in [3.63, 3.8) is 0 Å². The first-order chi connectivity index (χ1) is 8.61. The molecule has 1 N–H and O–H groups in total. The smallest absolute Gasteiger partial charge is 0.338 e. The molecular weight excluding hydrogens is 234 g/mol. The van der Waals surface area contributed by atoms with E-state index in [0.717, 1.165) is 19.1 Å². The average molecular weight is 249 g/mol. The van der Waals surface area contributed by atoms with Gasteiger partial charge in [-0.1, -0.05) is 6.08 Å². The fraction of sp³-hybridized carbons (Fsp3) is 0.385. The van der Waals surface area contributed by atoms with Gasteiger partial charge in [0.05, 0.1) is 5.56 Å². The molecule has 0 atom stereocenters. The Balaban J connectivity index is 2.03. The molecule has 5 heteroatoms. The molecule has 2 heterocycles. The molecule has 0 aliphatic carbocycles. The molecule has 1 aromatic heterocycles. The van der Waals surface area contributed by atoms with Crippen LogP contribution in [0.25, 0.3) is 0 Å². The van der Waals surface area contributed by atoms with Gasteiger partial charge >= 0.3 is 5.97 Å². The number of furan rings is 1. The summed E-state index contributed by atoms with van der Waals surface area (Å²) in [6.07, 6.45) is 4.78. The van der Waals surface area contributed by atoms with Crippen molar-refractivity contribution in [2.24, 2.45) is 5.92 Å². The molecule has 1 aromatic rings. The monoisotopic (exact) mass is 249 g/mol. The summed E-state index contributed by atoms with van der Waals surface area (Å²) in [6.45, 7) is 5.05. The maximum Gasteiger partial charge on any atom is 0.338 e. The van der Waals surface area contributed by atoms with E-state index in [1.807, 2.05) is 6.08 Å². The molecule has 1 fully saturated rings. The summed E-state index contributed by atoms with van der Waals surface area (Å²) in [4.78, 5) is 24.4. The summed E-state index contributed by atoms with van der Waals surface area (Å²) < 4.78 is 5.00. The van der Waals surface area contributed by atoms with Gasteiger partial charge in [0, 0.05) is 19.2 Å². The fourth-order valence-electron chi connectivity index (χ4n) is 2.05. The van der Waals surface area contributed by atoms with E-state index in [0.29, 0.717) is 19.0 Å². The van der Waals surface area contributed by atoms with Gasteiger partial charge in [-0.05, 0) is 18.8 Å². The number of aromatic carboxylic acids is 1. The molecule has 0 unspecified atom stereocenters. The Morgan fingerprint density at radius 2 is 2.11 bits per heavy atom. The standard InChI is InChI=1S/C13H15NO4/c1-2-9-3-5-14(6-4-9)12(15)11-7-10(8-18-11)13(16)17/h2,7-9H,1,3-6H2,(H,16,17). The predicted octanol–water partition coefficient (Wildman–Crippen LogP) is 2.02. The Hall–Kier alpha value is -2.04. The van der Waals surface area contributed by atoms with Gasteiger partial charge in [-0.25, -0.2) is 4.79 Å². The first-order valence-electron chi connectivity index (χ1n) is 5.85. The Labute approximate surface area is 105 Å². The lowest BCUT2D eigenvalue weighted by atomic mass is 9.97. The van der Waals surface area contributed by atoms with E-state index in [1.165, 1.54) is 6.07 Å². The number of amides is 1. The van der Waals surface area contributed by atoms with E-state index in [2.05, 4.69) is 6.58 Å². The number of allylic oxidation sites excluding steroid dienone is 1. The quantitative estimate of drug-likeness (QED) is 0.832. The van der Waals surface area contributed by atoms with Crippen molar-refractivity contribution in [2.75, 3.05) is 13.1 Å². The van der Waals surface area contributed by atoms with Crippen LogP contribution >= 0.6 is 0 Å².